The number of benzene rings is 1. The van der Waals surface area contributed by atoms with Gasteiger partial charge in [-0.05, 0) is 38.0 Å². The van der Waals surface area contributed by atoms with Crippen molar-refractivity contribution in [1.82, 2.24) is 24.8 Å². The molecule has 0 unspecified atom stereocenters. The number of carbonyl (C=O) groups excluding carboxylic acids is 3. The first-order valence-electron chi connectivity index (χ1n) is 11.4. The summed E-state index contributed by atoms with van der Waals surface area (Å²) in [6, 6.07) is 14.5. The maximum absolute atomic E-state index is 12.8. The SMILES string of the molecule is C.CN(CC(N)=O)C(=O)OCc1cccc2nnc([C@@H](C/C=C/c3ccccc3)NC(=O)C(C)(C)N)n12. The highest BCUT2D eigenvalue weighted by atomic mass is 16.6. The first-order chi connectivity index (χ1) is 17.1. The van der Waals surface area contributed by atoms with Crippen molar-refractivity contribution in [3.63, 3.8) is 0 Å². The highest BCUT2D eigenvalue weighted by Gasteiger charge is 2.28. The van der Waals surface area contributed by atoms with Gasteiger partial charge in [0.1, 0.15) is 13.2 Å². The van der Waals surface area contributed by atoms with Crippen molar-refractivity contribution in [3.8, 4) is 0 Å². The second-order valence-electron chi connectivity index (χ2n) is 8.94. The third-order valence-electron chi connectivity index (χ3n) is 5.27. The first-order valence-corrected chi connectivity index (χ1v) is 11.4. The van der Waals surface area contributed by atoms with Crippen LogP contribution in [0.1, 0.15) is 50.8 Å². The third kappa shape index (κ3) is 7.87. The molecule has 0 bridgehead atoms. The number of nitrogens with zero attached hydrogens (tertiary/aromatic N) is 4. The van der Waals surface area contributed by atoms with Crippen molar-refractivity contribution < 1.29 is 19.1 Å². The number of hydrogen-bond acceptors (Lipinski definition) is 7. The van der Waals surface area contributed by atoms with Crippen LogP contribution in [0.15, 0.2) is 54.6 Å². The maximum atomic E-state index is 12.8. The first kappa shape index (κ1) is 29.0. The third-order valence-corrected chi connectivity index (χ3v) is 5.27. The average Bonchev–Trinajstić information content (AvgIpc) is 3.26. The Morgan fingerprint density at radius 3 is 2.49 bits per heavy atom. The molecular formula is C26H35N7O4. The minimum Gasteiger partial charge on any atom is -0.443 e. The quantitative estimate of drug-likeness (QED) is 0.378. The van der Waals surface area contributed by atoms with Gasteiger partial charge in [-0.3, -0.25) is 14.0 Å². The standard InChI is InChI=1S/C25H31N7O4.CH4/c1-25(2,27)23(34)28-19(13-7-11-17-9-5-4-6-10-17)22-30-29-21-14-8-12-18(32(21)22)16-36-24(35)31(3)15-20(26)33;/h4-12,14,19H,13,15-16,27H2,1-3H3,(H2,26,33)(H,28,34);1H4/b11-7+;/t19-;/m1./s1. The molecule has 0 aliphatic heterocycles. The van der Waals surface area contributed by atoms with Crippen molar-refractivity contribution in [1.29, 1.82) is 0 Å². The molecule has 37 heavy (non-hydrogen) atoms. The summed E-state index contributed by atoms with van der Waals surface area (Å²) in [6.07, 6.45) is 3.59. The molecule has 5 N–H and O–H groups in total. The van der Waals surface area contributed by atoms with E-state index in [1.807, 2.05) is 42.5 Å². The van der Waals surface area contributed by atoms with Crippen molar-refractivity contribution in [2.24, 2.45) is 11.5 Å². The van der Waals surface area contributed by atoms with Crippen LogP contribution in [-0.4, -0.2) is 56.5 Å². The van der Waals surface area contributed by atoms with Crippen molar-refractivity contribution in [2.45, 2.75) is 45.9 Å². The summed E-state index contributed by atoms with van der Waals surface area (Å²) in [7, 11) is 1.41. The van der Waals surface area contributed by atoms with Gasteiger partial charge in [0.25, 0.3) is 0 Å². The van der Waals surface area contributed by atoms with Crippen molar-refractivity contribution in [3.05, 3.63) is 71.7 Å². The molecular weight excluding hydrogens is 474 g/mol. The number of nitrogens with two attached hydrogens (primary N) is 2. The highest BCUT2D eigenvalue weighted by molar-refractivity contribution is 5.85. The number of aromatic nitrogens is 3. The number of pyridine rings is 1. The number of ether oxygens (including phenoxy) is 1. The van der Waals surface area contributed by atoms with E-state index in [0.29, 0.717) is 23.6 Å². The van der Waals surface area contributed by atoms with E-state index in [1.54, 1.807) is 36.4 Å². The number of hydrogen-bond donors (Lipinski definition) is 3. The van der Waals surface area contributed by atoms with E-state index in [1.165, 1.54) is 7.05 Å². The molecule has 0 aliphatic carbocycles. The van der Waals surface area contributed by atoms with E-state index in [4.69, 9.17) is 16.2 Å². The van der Waals surface area contributed by atoms with Crippen LogP contribution in [0.3, 0.4) is 0 Å². The summed E-state index contributed by atoms with van der Waals surface area (Å²) >= 11 is 0. The van der Waals surface area contributed by atoms with Crippen LogP contribution in [0, 0.1) is 0 Å². The molecule has 3 rings (SSSR count). The van der Waals surface area contributed by atoms with Gasteiger partial charge < -0.3 is 26.4 Å². The number of carbonyl (C=O) groups is 3. The van der Waals surface area contributed by atoms with Crippen LogP contribution in [0.4, 0.5) is 4.79 Å². The zero-order valence-corrected chi connectivity index (χ0v) is 20.5. The highest BCUT2D eigenvalue weighted by Crippen LogP contribution is 2.21. The van der Waals surface area contributed by atoms with E-state index in [9.17, 15) is 14.4 Å². The molecule has 11 heteroatoms. The molecule has 2 aromatic heterocycles. The predicted molar refractivity (Wildman–Crippen MR) is 141 cm³/mol. The molecule has 0 saturated carbocycles. The lowest BCUT2D eigenvalue weighted by Crippen LogP contribution is -2.50. The number of likely N-dealkylation sites (N-methyl/N-ethyl adjacent to an activating group) is 1. The molecule has 1 aromatic carbocycles. The van der Waals surface area contributed by atoms with E-state index >= 15 is 0 Å². The maximum Gasteiger partial charge on any atom is 0.410 e. The lowest BCUT2D eigenvalue weighted by molar-refractivity contribution is -0.126. The molecule has 198 valence electrons. The van der Waals surface area contributed by atoms with Crippen molar-refractivity contribution >= 4 is 29.6 Å². The van der Waals surface area contributed by atoms with Crippen LogP contribution >= 0.6 is 0 Å². The fourth-order valence-corrected chi connectivity index (χ4v) is 3.39. The zero-order chi connectivity index (χ0) is 26.3. The number of amides is 3. The van der Waals surface area contributed by atoms with Gasteiger partial charge in [0, 0.05) is 7.05 Å². The summed E-state index contributed by atoms with van der Waals surface area (Å²) in [5, 5.41) is 11.5. The number of rotatable bonds is 10. The zero-order valence-electron chi connectivity index (χ0n) is 20.5. The van der Waals surface area contributed by atoms with Gasteiger partial charge in [0.2, 0.25) is 11.8 Å². The second kappa shape index (κ2) is 12.6. The van der Waals surface area contributed by atoms with Gasteiger partial charge in [0.05, 0.1) is 17.3 Å². The van der Waals surface area contributed by atoms with Crippen LogP contribution in [0.25, 0.3) is 11.7 Å². The minimum atomic E-state index is -1.11. The smallest absolute Gasteiger partial charge is 0.410 e. The molecule has 11 nitrogen and oxygen atoms in total. The predicted octanol–water partition coefficient (Wildman–Crippen LogP) is 2.42. The van der Waals surface area contributed by atoms with Gasteiger partial charge >= 0.3 is 6.09 Å². The van der Waals surface area contributed by atoms with E-state index in [-0.39, 0.29) is 26.5 Å². The lowest BCUT2D eigenvalue weighted by Gasteiger charge is -2.23. The normalized spacial score (nSPS) is 12.1. The van der Waals surface area contributed by atoms with Crippen molar-refractivity contribution in [2.75, 3.05) is 13.6 Å². The van der Waals surface area contributed by atoms with Gasteiger partial charge in [-0.1, -0.05) is 56.0 Å². The Kier molecular flexibility index (Phi) is 9.90. The topological polar surface area (TPSA) is 158 Å². The van der Waals surface area contributed by atoms with Crippen LogP contribution in [-0.2, 0) is 20.9 Å². The van der Waals surface area contributed by atoms with Crippen LogP contribution in [0.2, 0.25) is 0 Å². The lowest BCUT2D eigenvalue weighted by atomic mass is 10.0. The van der Waals surface area contributed by atoms with Crippen LogP contribution in [0.5, 0.6) is 0 Å². The molecule has 0 radical (unpaired) electrons. The number of fused-ring (bicyclic) bond motifs is 1. The molecule has 2 heterocycles. The minimum absolute atomic E-state index is 0. The molecule has 1 atom stereocenters. The fraction of sp³-hybridized carbons (Fsp3) is 0.346. The van der Waals surface area contributed by atoms with E-state index in [2.05, 4.69) is 15.5 Å². The summed E-state index contributed by atoms with van der Waals surface area (Å²) < 4.78 is 7.09. The second-order valence-corrected chi connectivity index (χ2v) is 8.94. The molecule has 3 amide bonds. The number of primary amides is 1. The Morgan fingerprint density at radius 1 is 1.14 bits per heavy atom. The Bertz CT molecular complexity index is 1250. The van der Waals surface area contributed by atoms with E-state index < -0.39 is 23.6 Å². The Labute approximate surface area is 216 Å². The van der Waals surface area contributed by atoms with Gasteiger partial charge in [-0.2, -0.15) is 0 Å². The summed E-state index contributed by atoms with van der Waals surface area (Å²) in [4.78, 5) is 37.2. The molecule has 3 aromatic rings. The van der Waals surface area contributed by atoms with Gasteiger partial charge in [0.15, 0.2) is 11.5 Å². The fourth-order valence-electron chi connectivity index (χ4n) is 3.39. The summed E-state index contributed by atoms with van der Waals surface area (Å²) in [5.41, 5.74) is 12.2. The van der Waals surface area contributed by atoms with Gasteiger partial charge in [-0.25, -0.2) is 4.79 Å². The Hall–Kier alpha value is -4.25. The number of nitrogens with one attached hydrogen (secondary N) is 1. The Balaban J connectivity index is 0.00000481. The summed E-state index contributed by atoms with van der Waals surface area (Å²) in [5.74, 6) is -0.547. The monoisotopic (exact) mass is 509 g/mol. The van der Waals surface area contributed by atoms with Crippen LogP contribution < -0.4 is 16.8 Å². The average molecular weight is 510 g/mol. The Morgan fingerprint density at radius 2 is 1.84 bits per heavy atom. The molecule has 0 aliphatic rings. The molecule has 0 fully saturated rings. The summed E-state index contributed by atoms with van der Waals surface area (Å²) in [6.45, 7) is 2.86. The largest absolute Gasteiger partial charge is 0.443 e. The molecule has 0 saturated heterocycles. The van der Waals surface area contributed by atoms with E-state index in [0.717, 1.165) is 10.5 Å². The molecule has 0 spiro atoms. The van der Waals surface area contributed by atoms with Gasteiger partial charge in [-0.15, -0.1) is 10.2 Å².